The lowest BCUT2D eigenvalue weighted by Crippen LogP contribution is -2.29. The molecule has 1 aliphatic heterocycles. The minimum absolute atomic E-state index is 0.440. The van der Waals surface area contributed by atoms with Crippen molar-refractivity contribution in [1.82, 2.24) is 14.4 Å². The summed E-state index contributed by atoms with van der Waals surface area (Å²) in [6.07, 6.45) is 11.3. The van der Waals surface area contributed by atoms with Gasteiger partial charge in [0.15, 0.2) is 5.75 Å². The van der Waals surface area contributed by atoms with Gasteiger partial charge in [0.1, 0.15) is 22.9 Å². The molecule has 0 saturated heterocycles. The molecule has 0 bridgehead atoms. The molecule has 1 saturated carbocycles. The van der Waals surface area contributed by atoms with Crippen molar-refractivity contribution in [3.05, 3.63) is 77.3 Å². The lowest BCUT2D eigenvalue weighted by Gasteiger charge is -2.28. The number of benzene rings is 2. The SMILES string of the molecule is Nc1nccn2c(C3CCC3)nc(-c3cc4c(cc3Cl)C=CCN4Oc3ccccc3)c12. The number of hydrogen-bond acceptors (Lipinski definition) is 5. The summed E-state index contributed by atoms with van der Waals surface area (Å²) >= 11 is 6.79. The molecule has 2 aromatic heterocycles. The van der Waals surface area contributed by atoms with Crippen LogP contribution in [0.15, 0.2) is 60.9 Å². The first kappa shape index (κ1) is 19.2. The van der Waals surface area contributed by atoms with Crippen LogP contribution < -0.4 is 15.6 Å². The van der Waals surface area contributed by atoms with Crippen molar-refractivity contribution in [2.45, 2.75) is 25.2 Å². The molecule has 1 fully saturated rings. The third kappa shape index (κ3) is 3.10. The minimum atomic E-state index is 0.440. The van der Waals surface area contributed by atoms with Gasteiger partial charge in [-0.05, 0) is 37.1 Å². The van der Waals surface area contributed by atoms with Crippen LogP contribution in [0.25, 0.3) is 22.9 Å². The first-order chi connectivity index (χ1) is 15.7. The molecule has 2 aliphatic rings. The van der Waals surface area contributed by atoms with E-state index in [0.29, 0.717) is 23.3 Å². The first-order valence-corrected chi connectivity index (χ1v) is 11.2. The third-order valence-corrected chi connectivity index (χ3v) is 6.56. The van der Waals surface area contributed by atoms with E-state index in [0.717, 1.165) is 52.4 Å². The van der Waals surface area contributed by atoms with Crippen LogP contribution in [0.3, 0.4) is 0 Å². The third-order valence-electron chi connectivity index (χ3n) is 6.25. The van der Waals surface area contributed by atoms with E-state index >= 15 is 0 Å². The van der Waals surface area contributed by atoms with Gasteiger partial charge in [-0.2, -0.15) is 0 Å². The van der Waals surface area contributed by atoms with Crippen LogP contribution in [-0.4, -0.2) is 20.9 Å². The molecule has 160 valence electrons. The second-order valence-electron chi connectivity index (χ2n) is 8.24. The fourth-order valence-corrected chi connectivity index (χ4v) is 4.67. The molecule has 0 amide bonds. The van der Waals surface area contributed by atoms with Gasteiger partial charge in [-0.3, -0.25) is 4.40 Å². The number of para-hydroxylation sites is 1. The van der Waals surface area contributed by atoms with Gasteiger partial charge in [-0.1, -0.05) is 48.4 Å². The number of halogens is 1. The lowest BCUT2D eigenvalue weighted by atomic mass is 9.85. The zero-order chi connectivity index (χ0) is 21.7. The molecule has 7 heteroatoms. The molecule has 0 radical (unpaired) electrons. The average Bonchev–Trinajstić information content (AvgIpc) is 3.13. The van der Waals surface area contributed by atoms with Crippen LogP contribution in [0.2, 0.25) is 5.02 Å². The van der Waals surface area contributed by atoms with Crippen molar-refractivity contribution < 1.29 is 4.84 Å². The monoisotopic (exact) mass is 443 g/mol. The summed E-state index contributed by atoms with van der Waals surface area (Å²) in [5.74, 6) is 2.70. The standard InChI is InChI=1S/C25H22ClN5O/c26-20-14-17-8-5-12-31(32-18-9-2-1-3-10-18)21(17)15-19(20)22-23-24(27)28-11-13-30(23)25(29-22)16-6-4-7-16/h1-3,5,8-11,13-16H,4,6-7,12H2,(H2,27,28). The molecule has 0 atom stereocenters. The van der Waals surface area contributed by atoms with Gasteiger partial charge in [0.25, 0.3) is 0 Å². The predicted octanol–water partition coefficient (Wildman–Crippen LogP) is 5.73. The van der Waals surface area contributed by atoms with E-state index in [9.17, 15) is 0 Å². The van der Waals surface area contributed by atoms with Crippen molar-refractivity contribution in [2.24, 2.45) is 0 Å². The van der Waals surface area contributed by atoms with Crippen LogP contribution >= 0.6 is 11.6 Å². The maximum absolute atomic E-state index is 6.79. The van der Waals surface area contributed by atoms with E-state index in [-0.39, 0.29) is 0 Å². The topological polar surface area (TPSA) is 68.7 Å². The molecule has 0 spiro atoms. The Morgan fingerprint density at radius 3 is 2.75 bits per heavy atom. The van der Waals surface area contributed by atoms with Crippen LogP contribution in [-0.2, 0) is 0 Å². The lowest BCUT2D eigenvalue weighted by molar-refractivity contribution is 0.289. The molecule has 6 nitrogen and oxygen atoms in total. The highest BCUT2D eigenvalue weighted by Crippen LogP contribution is 2.42. The van der Waals surface area contributed by atoms with Gasteiger partial charge in [-0.25, -0.2) is 15.0 Å². The van der Waals surface area contributed by atoms with Gasteiger partial charge >= 0.3 is 0 Å². The fourth-order valence-electron chi connectivity index (χ4n) is 4.41. The van der Waals surface area contributed by atoms with E-state index in [1.165, 1.54) is 6.42 Å². The molecular formula is C25H22ClN5O. The first-order valence-electron chi connectivity index (χ1n) is 10.8. The Kier molecular flexibility index (Phi) is 4.54. The number of nitrogen functional groups attached to an aromatic ring is 1. The Bertz CT molecular complexity index is 1340. The summed E-state index contributed by atoms with van der Waals surface area (Å²) in [6.45, 7) is 0.629. The normalized spacial score (nSPS) is 15.6. The van der Waals surface area contributed by atoms with E-state index in [1.807, 2.05) is 53.7 Å². The minimum Gasteiger partial charge on any atom is -0.382 e. The number of rotatable bonds is 4. The number of nitrogens with zero attached hydrogens (tertiary/aromatic N) is 4. The van der Waals surface area contributed by atoms with E-state index < -0.39 is 0 Å². The van der Waals surface area contributed by atoms with Crippen LogP contribution in [0, 0.1) is 0 Å². The Hall–Kier alpha value is -3.51. The number of hydroxylamine groups is 1. The van der Waals surface area contributed by atoms with Crippen molar-refractivity contribution in [3.8, 4) is 17.0 Å². The number of fused-ring (bicyclic) bond motifs is 2. The summed E-state index contributed by atoms with van der Waals surface area (Å²) in [5, 5.41) is 2.50. The number of aromatic nitrogens is 3. The van der Waals surface area contributed by atoms with Crippen LogP contribution in [0.5, 0.6) is 5.75 Å². The van der Waals surface area contributed by atoms with Crippen molar-refractivity contribution in [2.75, 3.05) is 17.3 Å². The zero-order valence-corrected chi connectivity index (χ0v) is 18.2. The van der Waals surface area contributed by atoms with Crippen molar-refractivity contribution in [1.29, 1.82) is 0 Å². The Morgan fingerprint density at radius 1 is 1.12 bits per heavy atom. The summed E-state index contributed by atoms with van der Waals surface area (Å²) in [5.41, 5.74) is 10.6. The molecule has 6 rings (SSSR count). The van der Waals surface area contributed by atoms with Crippen molar-refractivity contribution >= 4 is 34.7 Å². The van der Waals surface area contributed by atoms with E-state index in [4.69, 9.17) is 27.2 Å². The van der Waals surface area contributed by atoms with E-state index in [2.05, 4.69) is 21.5 Å². The molecule has 4 aromatic rings. The second kappa shape index (κ2) is 7.57. The highest BCUT2D eigenvalue weighted by atomic mass is 35.5. The van der Waals surface area contributed by atoms with Gasteiger partial charge < -0.3 is 10.6 Å². The molecule has 3 heterocycles. The predicted molar refractivity (Wildman–Crippen MR) is 128 cm³/mol. The summed E-state index contributed by atoms with van der Waals surface area (Å²) in [7, 11) is 0. The highest BCUT2D eigenvalue weighted by molar-refractivity contribution is 6.34. The Labute approximate surface area is 190 Å². The number of anilines is 2. The number of imidazole rings is 1. The van der Waals surface area contributed by atoms with Gasteiger partial charge in [-0.15, -0.1) is 0 Å². The van der Waals surface area contributed by atoms with Crippen molar-refractivity contribution in [3.63, 3.8) is 0 Å². The molecule has 1 aliphatic carbocycles. The summed E-state index contributed by atoms with van der Waals surface area (Å²) in [4.78, 5) is 15.5. The smallest absolute Gasteiger partial charge is 0.155 e. The molecule has 2 N–H and O–H groups in total. The molecule has 2 aromatic carbocycles. The zero-order valence-electron chi connectivity index (χ0n) is 17.4. The fraction of sp³-hybridized carbons (Fsp3) is 0.200. The maximum atomic E-state index is 6.79. The van der Waals surface area contributed by atoms with Crippen LogP contribution in [0.1, 0.15) is 36.6 Å². The van der Waals surface area contributed by atoms with Gasteiger partial charge in [0, 0.05) is 29.4 Å². The van der Waals surface area contributed by atoms with Crippen LogP contribution in [0.4, 0.5) is 11.5 Å². The largest absolute Gasteiger partial charge is 0.382 e. The number of nitrogens with two attached hydrogens (primary N) is 1. The van der Waals surface area contributed by atoms with Gasteiger partial charge in [0.2, 0.25) is 0 Å². The molecular weight excluding hydrogens is 422 g/mol. The average molecular weight is 444 g/mol. The van der Waals surface area contributed by atoms with Gasteiger partial charge in [0.05, 0.1) is 17.3 Å². The second-order valence-corrected chi connectivity index (χ2v) is 8.64. The Balaban J connectivity index is 1.50. The Morgan fingerprint density at radius 2 is 1.97 bits per heavy atom. The molecule has 32 heavy (non-hydrogen) atoms. The number of hydrogen-bond donors (Lipinski definition) is 1. The quantitative estimate of drug-likeness (QED) is 0.436. The summed E-state index contributed by atoms with van der Waals surface area (Å²) in [6, 6.07) is 13.8. The summed E-state index contributed by atoms with van der Waals surface area (Å²) < 4.78 is 2.08. The highest BCUT2D eigenvalue weighted by Gasteiger charge is 2.28. The van der Waals surface area contributed by atoms with E-state index in [1.54, 1.807) is 6.20 Å². The maximum Gasteiger partial charge on any atom is 0.155 e. The molecule has 0 unspecified atom stereocenters.